The molecule has 20 heavy (non-hydrogen) atoms. The van der Waals surface area contributed by atoms with Gasteiger partial charge in [0.15, 0.2) is 5.16 Å². The summed E-state index contributed by atoms with van der Waals surface area (Å²) in [5.74, 6) is 0.0479. The second-order valence-corrected chi connectivity index (χ2v) is 5.99. The Balaban J connectivity index is 1.82. The van der Waals surface area contributed by atoms with Crippen LogP contribution in [-0.4, -0.2) is 26.7 Å². The van der Waals surface area contributed by atoms with E-state index < -0.39 is 0 Å². The Morgan fingerprint density at radius 2 is 2.15 bits per heavy atom. The fourth-order valence-corrected chi connectivity index (χ4v) is 2.88. The van der Waals surface area contributed by atoms with Crippen LogP contribution in [0.1, 0.15) is 23.7 Å². The molecule has 3 rings (SSSR count). The number of carbonyl (C=O) groups excluding carboxylic acids is 1. The van der Waals surface area contributed by atoms with Crippen LogP contribution in [0.2, 0.25) is 0 Å². The van der Waals surface area contributed by atoms with Gasteiger partial charge in [-0.25, -0.2) is 0 Å². The second kappa shape index (κ2) is 5.66. The minimum absolute atomic E-state index is 0.0479. The van der Waals surface area contributed by atoms with Crippen LogP contribution in [-0.2, 0) is 11.8 Å². The van der Waals surface area contributed by atoms with Crippen LogP contribution in [0.3, 0.4) is 0 Å². The molecule has 0 bridgehead atoms. The fourth-order valence-electron chi connectivity index (χ4n) is 1.89. The molecule has 0 radical (unpaired) electrons. The molecule has 1 amide bonds. The smallest absolute Gasteiger partial charge is 0.238 e. The molecule has 1 atom stereocenters. The molecule has 1 aliphatic rings. The molecule has 1 aromatic heterocycles. The van der Waals surface area contributed by atoms with E-state index in [0.29, 0.717) is 6.04 Å². The van der Waals surface area contributed by atoms with Crippen LogP contribution in [0.25, 0.3) is 0 Å². The normalized spacial score (nSPS) is 15.8. The van der Waals surface area contributed by atoms with Gasteiger partial charge in [0.2, 0.25) is 5.91 Å². The third-order valence-electron chi connectivity index (χ3n) is 3.16. The van der Waals surface area contributed by atoms with Crippen LogP contribution >= 0.6 is 11.8 Å². The Bertz CT molecular complexity index is 594. The monoisotopic (exact) mass is 288 g/mol. The van der Waals surface area contributed by atoms with Crippen molar-refractivity contribution in [2.45, 2.75) is 29.3 Å². The lowest BCUT2D eigenvalue weighted by Gasteiger charge is -2.16. The van der Waals surface area contributed by atoms with Gasteiger partial charge in [-0.3, -0.25) is 4.79 Å². The highest BCUT2D eigenvalue weighted by atomic mass is 32.2. The minimum atomic E-state index is -0.292. The van der Waals surface area contributed by atoms with Gasteiger partial charge in [0.1, 0.15) is 11.6 Å². The first kappa shape index (κ1) is 13.2. The number of hydrogen-bond donors (Lipinski definition) is 1. The third-order valence-corrected chi connectivity index (χ3v) is 4.46. The molecule has 0 unspecified atom stereocenters. The van der Waals surface area contributed by atoms with Gasteiger partial charge in [0.05, 0.1) is 0 Å². The summed E-state index contributed by atoms with van der Waals surface area (Å²) in [6, 6.07) is 10.1. The predicted molar refractivity (Wildman–Crippen MR) is 77.2 cm³/mol. The average molecular weight is 288 g/mol. The van der Waals surface area contributed by atoms with E-state index in [-0.39, 0.29) is 11.2 Å². The van der Waals surface area contributed by atoms with E-state index in [1.807, 2.05) is 41.9 Å². The Morgan fingerprint density at radius 1 is 1.40 bits per heavy atom. The fraction of sp³-hybridized carbons (Fsp3) is 0.357. The van der Waals surface area contributed by atoms with E-state index in [1.165, 1.54) is 11.8 Å². The van der Waals surface area contributed by atoms with Crippen molar-refractivity contribution >= 4 is 17.7 Å². The highest BCUT2D eigenvalue weighted by molar-refractivity contribution is 8.00. The number of amides is 1. The first-order valence-electron chi connectivity index (χ1n) is 6.60. The molecule has 104 valence electrons. The molecular formula is C14H16N4OS. The molecule has 1 saturated carbocycles. The van der Waals surface area contributed by atoms with E-state index in [4.69, 9.17) is 0 Å². The summed E-state index contributed by atoms with van der Waals surface area (Å²) in [5, 5.41) is 11.4. The Labute approximate surface area is 121 Å². The van der Waals surface area contributed by atoms with Crippen molar-refractivity contribution in [3.63, 3.8) is 0 Å². The number of nitrogens with zero attached hydrogens (tertiary/aromatic N) is 3. The van der Waals surface area contributed by atoms with Crippen molar-refractivity contribution in [2.24, 2.45) is 7.05 Å². The topological polar surface area (TPSA) is 59.8 Å². The zero-order chi connectivity index (χ0) is 13.9. The number of nitrogens with one attached hydrogen (secondary N) is 1. The van der Waals surface area contributed by atoms with Crippen molar-refractivity contribution < 1.29 is 4.79 Å². The molecule has 1 aromatic carbocycles. The lowest BCUT2D eigenvalue weighted by molar-refractivity contribution is -0.120. The molecule has 1 N–H and O–H groups in total. The van der Waals surface area contributed by atoms with Crippen LogP contribution in [0.15, 0.2) is 41.8 Å². The quantitative estimate of drug-likeness (QED) is 0.854. The van der Waals surface area contributed by atoms with Crippen molar-refractivity contribution in [1.82, 2.24) is 20.1 Å². The second-order valence-electron chi connectivity index (χ2n) is 4.92. The summed E-state index contributed by atoms with van der Waals surface area (Å²) in [4.78, 5) is 12.4. The zero-order valence-electron chi connectivity index (χ0n) is 11.2. The van der Waals surface area contributed by atoms with E-state index in [0.717, 1.165) is 23.6 Å². The van der Waals surface area contributed by atoms with Gasteiger partial charge in [-0.15, -0.1) is 10.2 Å². The summed E-state index contributed by atoms with van der Waals surface area (Å²) in [5.41, 5.74) is 0.985. The number of benzene rings is 1. The van der Waals surface area contributed by atoms with Gasteiger partial charge < -0.3 is 9.88 Å². The number of hydrogen-bond acceptors (Lipinski definition) is 4. The van der Waals surface area contributed by atoms with Gasteiger partial charge >= 0.3 is 0 Å². The van der Waals surface area contributed by atoms with Crippen molar-refractivity contribution in [3.8, 4) is 0 Å². The lowest BCUT2D eigenvalue weighted by Crippen LogP contribution is -2.29. The molecule has 0 spiro atoms. The van der Waals surface area contributed by atoms with E-state index in [1.54, 1.807) is 6.33 Å². The summed E-state index contributed by atoms with van der Waals surface area (Å²) in [6.07, 6.45) is 3.81. The minimum Gasteiger partial charge on any atom is -0.352 e. The van der Waals surface area contributed by atoms with Crippen molar-refractivity contribution in [3.05, 3.63) is 42.2 Å². The van der Waals surface area contributed by atoms with Gasteiger partial charge in [0.25, 0.3) is 0 Å². The first-order valence-corrected chi connectivity index (χ1v) is 7.48. The maximum absolute atomic E-state index is 12.4. The van der Waals surface area contributed by atoms with Crippen LogP contribution in [0.4, 0.5) is 0 Å². The SMILES string of the molecule is Cn1cnnc1S[C@@H](C(=O)NC1CC1)c1ccccc1. The largest absolute Gasteiger partial charge is 0.352 e. The average Bonchev–Trinajstić information content (AvgIpc) is 3.18. The first-order chi connectivity index (χ1) is 9.74. The Hall–Kier alpha value is -1.82. The number of rotatable bonds is 5. The molecular weight excluding hydrogens is 272 g/mol. The molecule has 1 fully saturated rings. The molecule has 1 aliphatic carbocycles. The highest BCUT2D eigenvalue weighted by Crippen LogP contribution is 2.34. The predicted octanol–water partition coefficient (Wildman–Crippen LogP) is 1.93. The van der Waals surface area contributed by atoms with Crippen LogP contribution in [0, 0.1) is 0 Å². The Kier molecular flexibility index (Phi) is 3.73. The van der Waals surface area contributed by atoms with Crippen LogP contribution < -0.4 is 5.32 Å². The summed E-state index contributed by atoms with van der Waals surface area (Å²) >= 11 is 1.43. The number of thioether (sulfide) groups is 1. The lowest BCUT2D eigenvalue weighted by atomic mass is 10.1. The van der Waals surface area contributed by atoms with Gasteiger partial charge in [-0.1, -0.05) is 42.1 Å². The molecule has 6 heteroatoms. The molecule has 0 aliphatic heterocycles. The summed E-state index contributed by atoms with van der Waals surface area (Å²) < 4.78 is 1.82. The van der Waals surface area contributed by atoms with Crippen LogP contribution in [0.5, 0.6) is 0 Å². The van der Waals surface area contributed by atoms with Gasteiger partial charge in [0, 0.05) is 13.1 Å². The third kappa shape index (κ3) is 3.01. The number of carbonyl (C=O) groups is 1. The number of aryl methyl sites for hydroxylation is 1. The van der Waals surface area contributed by atoms with E-state index in [2.05, 4.69) is 15.5 Å². The molecule has 1 heterocycles. The highest BCUT2D eigenvalue weighted by Gasteiger charge is 2.29. The standard InChI is InChI=1S/C14H16N4OS/c1-18-9-15-17-14(18)20-12(10-5-3-2-4-6-10)13(19)16-11-7-8-11/h2-6,9,11-12H,7-8H2,1H3,(H,16,19)/t12-/m1/s1. The van der Waals surface area contributed by atoms with Crippen molar-refractivity contribution in [2.75, 3.05) is 0 Å². The van der Waals surface area contributed by atoms with E-state index >= 15 is 0 Å². The zero-order valence-corrected chi connectivity index (χ0v) is 12.0. The summed E-state index contributed by atoms with van der Waals surface area (Å²) in [7, 11) is 1.88. The van der Waals surface area contributed by atoms with E-state index in [9.17, 15) is 4.79 Å². The molecule has 0 saturated heterocycles. The maximum Gasteiger partial charge on any atom is 0.238 e. The molecule has 5 nitrogen and oxygen atoms in total. The Morgan fingerprint density at radius 3 is 2.75 bits per heavy atom. The van der Waals surface area contributed by atoms with Gasteiger partial charge in [-0.2, -0.15) is 0 Å². The molecule has 2 aromatic rings. The summed E-state index contributed by atoms with van der Waals surface area (Å²) in [6.45, 7) is 0. The maximum atomic E-state index is 12.4. The van der Waals surface area contributed by atoms with Gasteiger partial charge in [-0.05, 0) is 18.4 Å². The van der Waals surface area contributed by atoms with Crippen molar-refractivity contribution in [1.29, 1.82) is 0 Å². The number of aromatic nitrogens is 3.